The Morgan fingerprint density at radius 1 is 0.643 bits per heavy atom. The van der Waals surface area contributed by atoms with Crippen LogP contribution >= 0.6 is 0 Å². The predicted molar refractivity (Wildman–Crippen MR) is 110 cm³/mol. The molecule has 0 spiro atoms. The van der Waals surface area contributed by atoms with E-state index < -0.39 is 0 Å². The van der Waals surface area contributed by atoms with Crippen molar-refractivity contribution in [2.45, 2.75) is 0 Å². The Morgan fingerprint density at radius 3 is 1.61 bits per heavy atom. The molecule has 0 fully saturated rings. The highest BCUT2D eigenvalue weighted by atomic mass is 16.1. The van der Waals surface area contributed by atoms with Crippen LogP contribution in [0.3, 0.4) is 0 Å². The van der Waals surface area contributed by atoms with Gasteiger partial charge in [-0.05, 0) is 60.7 Å². The van der Waals surface area contributed by atoms with Gasteiger partial charge in [0.05, 0.1) is 44.9 Å². The van der Waals surface area contributed by atoms with Gasteiger partial charge in [0.25, 0.3) is 0 Å². The summed E-state index contributed by atoms with van der Waals surface area (Å²) in [4.78, 5) is 39.1. The van der Waals surface area contributed by atoms with Crippen molar-refractivity contribution < 1.29 is 9.59 Å². The maximum Gasteiger partial charge on any atom is 0.154 e. The van der Waals surface area contributed by atoms with E-state index >= 15 is 0 Å². The van der Waals surface area contributed by atoms with Crippen molar-refractivity contribution in [1.29, 1.82) is 0 Å². The number of hydrogen-bond acceptors (Lipinski definition) is 4. The van der Waals surface area contributed by atoms with Crippen molar-refractivity contribution in [1.82, 2.24) is 19.9 Å². The SMILES string of the molecule is O=Cc1c2nc(cc3ccc(cc4nc(c(C=O)c5ccc1[nH]5)C=C4)[nH]3)C=C2. The minimum Gasteiger partial charge on any atom is -0.355 e. The van der Waals surface area contributed by atoms with Crippen LogP contribution in [0.1, 0.15) is 43.5 Å². The Kier molecular flexibility index (Phi) is 3.62. The number of aromatic nitrogens is 4. The normalized spacial score (nSPS) is 12.3. The van der Waals surface area contributed by atoms with E-state index in [2.05, 4.69) is 19.9 Å². The number of carbonyl (C=O) groups excluding carboxylic acids is 2. The first-order chi connectivity index (χ1) is 13.7. The summed E-state index contributed by atoms with van der Waals surface area (Å²) in [5.74, 6) is 0. The number of rotatable bonds is 2. The van der Waals surface area contributed by atoms with Crippen molar-refractivity contribution in [3.8, 4) is 0 Å². The summed E-state index contributed by atoms with van der Waals surface area (Å²) in [6, 6.07) is 11.3. The standard InChI is InChI=1S/C22H14N4O2/c27-11-17-19-5-3-15(24-19)9-13-1-2-14(23-13)10-16-4-6-20(25-16)18(12-28)22-8-7-21(17)26-22/h1-12,23,26H. The molecule has 6 nitrogen and oxygen atoms in total. The third-order valence-electron chi connectivity index (χ3n) is 4.71. The molecule has 2 N–H and O–H groups in total. The van der Waals surface area contributed by atoms with E-state index in [4.69, 9.17) is 0 Å². The number of aldehydes is 2. The molecule has 0 radical (unpaired) electrons. The molecule has 2 aliphatic heterocycles. The average Bonchev–Trinajstić information content (AvgIpc) is 3.46. The van der Waals surface area contributed by atoms with Crippen LogP contribution in [0.2, 0.25) is 0 Å². The van der Waals surface area contributed by atoms with Crippen LogP contribution in [-0.4, -0.2) is 32.5 Å². The van der Waals surface area contributed by atoms with Gasteiger partial charge in [-0.25, -0.2) is 9.97 Å². The quantitative estimate of drug-likeness (QED) is 0.456. The summed E-state index contributed by atoms with van der Waals surface area (Å²) in [6.45, 7) is 0. The smallest absolute Gasteiger partial charge is 0.154 e. The van der Waals surface area contributed by atoms with Gasteiger partial charge in [-0.2, -0.15) is 0 Å². The summed E-state index contributed by atoms with van der Waals surface area (Å²) in [6.07, 6.45) is 8.87. The number of carbonyl (C=O) groups is 2. The lowest BCUT2D eigenvalue weighted by Gasteiger charge is -1.94. The highest BCUT2D eigenvalue weighted by Crippen LogP contribution is 2.21. The molecule has 0 saturated heterocycles. The predicted octanol–water partition coefficient (Wildman–Crippen LogP) is 4.28. The fourth-order valence-corrected chi connectivity index (χ4v) is 3.37. The molecule has 0 atom stereocenters. The minimum atomic E-state index is 0.430. The van der Waals surface area contributed by atoms with Crippen molar-refractivity contribution >= 4 is 58.9 Å². The summed E-state index contributed by atoms with van der Waals surface area (Å²) >= 11 is 0. The second-order valence-electron chi connectivity index (χ2n) is 6.52. The second kappa shape index (κ2) is 6.28. The summed E-state index contributed by atoms with van der Waals surface area (Å²) < 4.78 is 0. The lowest BCUT2D eigenvalue weighted by Crippen LogP contribution is -1.89. The van der Waals surface area contributed by atoms with E-state index in [0.29, 0.717) is 33.5 Å². The van der Waals surface area contributed by atoms with E-state index in [-0.39, 0.29) is 0 Å². The monoisotopic (exact) mass is 366 g/mol. The van der Waals surface area contributed by atoms with E-state index in [1.165, 1.54) is 0 Å². The van der Waals surface area contributed by atoms with Crippen molar-refractivity contribution in [3.63, 3.8) is 0 Å². The van der Waals surface area contributed by atoms with Gasteiger partial charge in [0.1, 0.15) is 0 Å². The molecule has 8 bridgehead atoms. The summed E-state index contributed by atoms with van der Waals surface area (Å²) in [7, 11) is 0. The Bertz CT molecular complexity index is 1260. The average molecular weight is 366 g/mol. The van der Waals surface area contributed by atoms with Gasteiger partial charge < -0.3 is 9.97 Å². The molecular weight excluding hydrogens is 352 g/mol. The van der Waals surface area contributed by atoms with Gasteiger partial charge in [0.2, 0.25) is 0 Å². The Hall–Kier alpha value is -4.06. The third-order valence-corrected chi connectivity index (χ3v) is 4.71. The van der Waals surface area contributed by atoms with Gasteiger partial charge in [-0.3, -0.25) is 9.59 Å². The molecule has 0 unspecified atom stereocenters. The van der Waals surface area contributed by atoms with Crippen LogP contribution in [0.15, 0.2) is 36.4 Å². The molecule has 6 heteroatoms. The van der Waals surface area contributed by atoms with Crippen LogP contribution < -0.4 is 0 Å². The molecule has 134 valence electrons. The first-order valence-electron chi connectivity index (χ1n) is 8.74. The number of H-pyrrole nitrogens is 2. The molecule has 2 aliphatic rings. The van der Waals surface area contributed by atoms with E-state index in [9.17, 15) is 9.59 Å². The van der Waals surface area contributed by atoms with Gasteiger partial charge in [0.15, 0.2) is 12.6 Å². The molecule has 3 aromatic heterocycles. The van der Waals surface area contributed by atoms with Crippen molar-refractivity contribution in [3.05, 3.63) is 70.3 Å². The topological polar surface area (TPSA) is 91.5 Å². The third kappa shape index (κ3) is 2.68. The number of aromatic amines is 2. The number of nitrogens with zero attached hydrogens (tertiary/aromatic N) is 2. The Morgan fingerprint density at radius 2 is 1.14 bits per heavy atom. The number of fused-ring (bicyclic) bond motifs is 8. The molecule has 0 amide bonds. The molecule has 0 aliphatic carbocycles. The minimum absolute atomic E-state index is 0.430. The van der Waals surface area contributed by atoms with Crippen LogP contribution in [0.5, 0.6) is 0 Å². The zero-order valence-corrected chi connectivity index (χ0v) is 14.6. The summed E-state index contributed by atoms with van der Waals surface area (Å²) in [5, 5.41) is 0. The Labute approximate surface area is 159 Å². The van der Waals surface area contributed by atoms with E-state index in [0.717, 1.165) is 35.0 Å². The van der Waals surface area contributed by atoms with E-state index in [1.807, 2.05) is 36.4 Å². The fourth-order valence-electron chi connectivity index (χ4n) is 3.37. The number of hydrogen-bond donors (Lipinski definition) is 2. The lowest BCUT2D eigenvalue weighted by atomic mass is 10.2. The second-order valence-corrected chi connectivity index (χ2v) is 6.52. The first-order valence-corrected chi connectivity index (χ1v) is 8.74. The van der Waals surface area contributed by atoms with Crippen LogP contribution in [0.4, 0.5) is 0 Å². The maximum absolute atomic E-state index is 11.8. The van der Waals surface area contributed by atoms with Gasteiger partial charge in [-0.15, -0.1) is 0 Å². The molecule has 28 heavy (non-hydrogen) atoms. The highest BCUT2D eigenvalue weighted by molar-refractivity contribution is 5.96. The zero-order valence-electron chi connectivity index (χ0n) is 14.6. The van der Waals surface area contributed by atoms with Crippen LogP contribution in [-0.2, 0) is 0 Å². The molecule has 5 rings (SSSR count). The highest BCUT2D eigenvalue weighted by Gasteiger charge is 2.10. The lowest BCUT2D eigenvalue weighted by molar-refractivity contribution is 0.111. The van der Waals surface area contributed by atoms with Gasteiger partial charge in [-0.1, -0.05) is 0 Å². The molecular formula is C22H14N4O2. The Balaban J connectivity index is 1.95. The van der Waals surface area contributed by atoms with Gasteiger partial charge in [0, 0.05) is 11.0 Å². The first kappa shape index (κ1) is 16.1. The largest absolute Gasteiger partial charge is 0.355 e. The molecule has 0 saturated carbocycles. The number of nitrogens with one attached hydrogen (secondary N) is 2. The maximum atomic E-state index is 11.8. The van der Waals surface area contributed by atoms with Crippen molar-refractivity contribution in [2.75, 3.05) is 0 Å². The molecule has 0 aromatic carbocycles. The zero-order chi connectivity index (χ0) is 19.1. The van der Waals surface area contributed by atoms with Crippen LogP contribution in [0.25, 0.3) is 46.4 Å². The fraction of sp³-hybridized carbons (Fsp3) is 0. The summed E-state index contributed by atoms with van der Waals surface area (Å²) in [5.41, 5.74) is 6.48. The molecule has 5 heterocycles. The van der Waals surface area contributed by atoms with Crippen molar-refractivity contribution in [2.24, 2.45) is 0 Å². The molecule has 3 aromatic rings. The van der Waals surface area contributed by atoms with Crippen LogP contribution in [0, 0.1) is 0 Å². The van der Waals surface area contributed by atoms with Gasteiger partial charge >= 0.3 is 0 Å². The van der Waals surface area contributed by atoms with E-state index in [1.54, 1.807) is 24.3 Å².